The Hall–Kier alpha value is -0.820. The summed E-state index contributed by atoms with van der Waals surface area (Å²) in [6.45, 7) is 0.531. The smallest absolute Gasteiger partial charge is 0.244 e. The molecule has 2 rings (SSSR count). The van der Waals surface area contributed by atoms with Gasteiger partial charge in [0, 0.05) is 25.2 Å². The van der Waals surface area contributed by atoms with Gasteiger partial charge in [-0.2, -0.15) is 4.31 Å². The summed E-state index contributed by atoms with van der Waals surface area (Å²) in [6.07, 6.45) is 1.31. The van der Waals surface area contributed by atoms with Crippen LogP contribution in [0.25, 0.3) is 0 Å². The molecule has 0 spiro atoms. The summed E-state index contributed by atoms with van der Waals surface area (Å²) >= 11 is 11.8. The summed E-state index contributed by atoms with van der Waals surface area (Å²) in [5.41, 5.74) is 0. The van der Waals surface area contributed by atoms with Gasteiger partial charge in [0.2, 0.25) is 15.9 Å². The number of carbonyl (C=O) groups excluding carboxylic acids is 1. The van der Waals surface area contributed by atoms with Crippen LogP contribution in [0.2, 0.25) is 10.0 Å². The van der Waals surface area contributed by atoms with Crippen molar-refractivity contribution in [2.45, 2.75) is 17.7 Å². The van der Waals surface area contributed by atoms with Gasteiger partial charge in [-0.05, 0) is 31.0 Å². The summed E-state index contributed by atoms with van der Waals surface area (Å²) in [7, 11) is -2.21. The van der Waals surface area contributed by atoms with Crippen molar-refractivity contribution in [3.63, 3.8) is 0 Å². The average molecular weight is 351 g/mol. The summed E-state index contributed by atoms with van der Waals surface area (Å²) in [4.78, 5) is 11.7. The maximum absolute atomic E-state index is 12.7. The number of hydrogen-bond donors (Lipinski definition) is 1. The van der Waals surface area contributed by atoms with E-state index in [1.807, 2.05) is 0 Å². The number of rotatable bonds is 3. The molecule has 1 heterocycles. The Bertz CT molecular complexity index is 649. The second-order valence-electron chi connectivity index (χ2n) is 4.89. The van der Waals surface area contributed by atoms with Crippen LogP contribution in [0.15, 0.2) is 23.1 Å². The van der Waals surface area contributed by atoms with Crippen molar-refractivity contribution >= 4 is 39.1 Å². The first-order valence-electron chi connectivity index (χ1n) is 6.53. The standard InChI is InChI=1S/C13H16Cl2N2O3S/c1-16-13(18)9-3-2-6-17(8-9)21(19,20)12-7-10(14)4-5-11(12)15/h4-5,7,9H,2-3,6,8H2,1H3,(H,16,18)/t9-/m1/s1. The lowest BCUT2D eigenvalue weighted by Gasteiger charge is -2.31. The van der Waals surface area contributed by atoms with Crippen LogP contribution in [0.3, 0.4) is 0 Å². The summed E-state index contributed by atoms with van der Waals surface area (Å²) < 4.78 is 26.6. The van der Waals surface area contributed by atoms with Gasteiger partial charge in [-0.25, -0.2) is 8.42 Å². The topological polar surface area (TPSA) is 66.5 Å². The van der Waals surface area contributed by atoms with Crippen LogP contribution in [-0.2, 0) is 14.8 Å². The van der Waals surface area contributed by atoms with Crippen LogP contribution in [0.5, 0.6) is 0 Å². The monoisotopic (exact) mass is 350 g/mol. The lowest BCUT2D eigenvalue weighted by atomic mass is 9.99. The second-order valence-corrected chi connectivity index (χ2v) is 7.64. The van der Waals surface area contributed by atoms with Crippen molar-refractivity contribution < 1.29 is 13.2 Å². The van der Waals surface area contributed by atoms with E-state index in [1.54, 1.807) is 7.05 Å². The van der Waals surface area contributed by atoms with Crippen LogP contribution < -0.4 is 5.32 Å². The van der Waals surface area contributed by atoms with Gasteiger partial charge in [0.15, 0.2) is 0 Å². The predicted molar refractivity (Wildman–Crippen MR) is 82.0 cm³/mol. The summed E-state index contributed by atoms with van der Waals surface area (Å²) in [6, 6.07) is 4.33. The number of benzene rings is 1. The van der Waals surface area contributed by atoms with Gasteiger partial charge in [-0.1, -0.05) is 23.2 Å². The molecular formula is C13H16Cl2N2O3S. The number of nitrogens with zero attached hydrogens (tertiary/aromatic N) is 1. The number of sulfonamides is 1. The molecule has 1 amide bonds. The normalized spacial score (nSPS) is 20.2. The van der Waals surface area contributed by atoms with Crippen molar-refractivity contribution in [2.75, 3.05) is 20.1 Å². The van der Waals surface area contributed by atoms with Gasteiger partial charge in [0.25, 0.3) is 0 Å². The summed E-state index contributed by atoms with van der Waals surface area (Å²) in [5, 5.41) is 2.99. The predicted octanol–water partition coefficient (Wildman–Crippen LogP) is 2.14. The van der Waals surface area contributed by atoms with E-state index in [9.17, 15) is 13.2 Å². The Balaban J connectivity index is 2.31. The van der Waals surface area contributed by atoms with Gasteiger partial charge in [-0.15, -0.1) is 0 Å². The third kappa shape index (κ3) is 3.51. The van der Waals surface area contributed by atoms with Crippen LogP contribution in [0.1, 0.15) is 12.8 Å². The molecule has 5 nitrogen and oxygen atoms in total. The van der Waals surface area contributed by atoms with Crippen molar-refractivity contribution in [3.05, 3.63) is 28.2 Å². The van der Waals surface area contributed by atoms with Crippen LogP contribution in [0.4, 0.5) is 0 Å². The maximum atomic E-state index is 12.7. The van der Waals surface area contributed by atoms with Gasteiger partial charge in [0.05, 0.1) is 10.9 Å². The molecule has 8 heteroatoms. The van der Waals surface area contributed by atoms with E-state index in [2.05, 4.69) is 5.32 Å². The minimum absolute atomic E-state index is 0.0192. The zero-order chi connectivity index (χ0) is 15.6. The first kappa shape index (κ1) is 16.5. The SMILES string of the molecule is CNC(=O)[C@@H]1CCCN(S(=O)(=O)c2cc(Cl)ccc2Cl)C1. The number of nitrogens with one attached hydrogen (secondary N) is 1. The molecule has 1 aliphatic rings. The zero-order valence-corrected chi connectivity index (χ0v) is 13.8. The third-order valence-electron chi connectivity index (χ3n) is 3.51. The molecule has 0 aliphatic carbocycles. The molecule has 21 heavy (non-hydrogen) atoms. The first-order chi connectivity index (χ1) is 9.86. The molecule has 0 saturated carbocycles. The highest BCUT2D eigenvalue weighted by atomic mass is 35.5. The van der Waals surface area contributed by atoms with E-state index in [0.717, 1.165) is 0 Å². The zero-order valence-electron chi connectivity index (χ0n) is 11.5. The van der Waals surface area contributed by atoms with E-state index < -0.39 is 10.0 Å². The number of piperidine rings is 1. The molecule has 0 radical (unpaired) electrons. The molecular weight excluding hydrogens is 335 g/mol. The Kier molecular flexibility index (Phi) is 5.14. The lowest BCUT2D eigenvalue weighted by molar-refractivity contribution is -0.125. The van der Waals surface area contributed by atoms with Crippen LogP contribution in [-0.4, -0.2) is 38.8 Å². The van der Waals surface area contributed by atoms with E-state index in [-0.39, 0.29) is 28.3 Å². The molecule has 1 aromatic carbocycles. The molecule has 1 fully saturated rings. The quantitative estimate of drug-likeness (QED) is 0.907. The molecule has 0 aromatic heterocycles. The van der Waals surface area contributed by atoms with Gasteiger partial charge < -0.3 is 5.32 Å². The van der Waals surface area contributed by atoms with E-state index >= 15 is 0 Å². The molecule has 1 aromatic rings. The third-order valence-corrected chi connectivity index (χ3v) is 6.09. The largest absolute Gasteiger partial charge is 0.359 e. The number of carbonyl (C=O) groups is 1. The average Bonchev–Trinajstić information content (AvgIpc) is 2.49. The minimum atomic E-state index is -3.75. The number of halogens is 2. The van der Waals surface area contributed by atoms with Gasteiger partial charge >= 0.3 is 0 Å². The Morgan fingerprint density at radius 3 is 2.76 bits per heavy atom. The fraction of sp³-hybridized carbons (Fsp3) is 0.462. The maximum Gasteiger partial charge on any atom is 0.244 e. The molecule has 0 bridgehead atoms. The minimum Gasteiger partial charge on any atom is -0.359 e. The fourth-order valence-electron chi connectivity index (χ4n) is 2.39. The number of hydrogen-bond acceptors (Lipinski definition) is 3. The fourth-order valence-corrected chi connectivity index (χ4v) is 4.65. The highest BCUT2D eigenvalue weighted by Gasteiger charge is 2.34. The van der Waals surface area contributed by atoms with Crippen molar-refractivity contribution in [3.8, 4) is 0 Å². The summed E-state index contributed by atoms with van der Waals surface area (Å²) in [5.74, 6) is -0.483. The van der Waals surface area contributed by atoms with Gasteiger partial charge in [-0.3, -0.25) is 4.79 Å². The van der Waals surface area contributed by atoms with E-state index in [1.165, 1.54) is 22.5 Å². The van der Waals surface area contributed by atoms with Crippen molar-refractivity contribution in [2.24, 2.45) is 5.92 Å². The van der Waals surface area contributed by atoms with E-state index in [0.29, 0.717) is 24.4 Å². The van der Waals surface area contributed by atoms with Gasteiger partial charge in [0.1, 0.15) is 4.90 Å². The van der Waals surface area contributed by atoms with Crippen molar-refractivity contribution in [1.29, 1.82) is 0 Å². The highest BCUT2D eigenvalue weighted by Crippen LogP contribution is 2.30. The molecule has 116 valence electrons. The Labute approximate surface area is 134 Å². The Morgan fingerprint density at radius 2 is 2.10 bits per heavy atom. The van der Waals surface area contributed by atoms with E-state index in [4.69, 9.17) is 23.2 Å². The van der Waals surface area contributed by atoms with Crippen LogP contribution in [0, 0.1) is 5.92 Å². The molecule has 1 N–H and O–H groups in total. The number of amides is 1. The highest BCUT2D eigenvalue weighted by molar-refractivity contribution is 7.89. The molecule has 1 aliphatic heterocycles. The first-order valence-corrected chi connectivity index (χ1v) is 8.72. The molecule has 0 unspecified atom stereocenters. The van der Waals surface area contributed by atoms with Crippen LogP contribution >= 0.6 is 23.2 Å². The second kappa shape index (κ2) is 6.52. The Morgan fingerprint density at radius 1 is 1.38 bits per heavy atom. The van der Waals surface area contributed by atoms with Crippen molar-refractivity contribution in [1.82, 2.24) is 9.62 Å². The lowest BCUT2D eigenvalue weighted by Crippen LogP contribution is -2.44. The molecule has 1 atom stereocenters. The molecule has 1 saturated heterocycles.